The number of rotatable bonds is 5. The van der Waals surface area contributed by atoms with Gasteiger partial charge in [-0.1, -0.05) is 60.7 Å². The van der Waals surface area contributed by atoms with Crippen molar-refractivity contribution in [1.29, 1.82) is 0 Å². The van der Waals surface area contributed by atoms with Crippen LogP contribution in [0.15, 0.2) is 78.9 Å². The highest BCUT2D eigenvalue weighted by atomic mass is 19.1. The number of hydrogen-bond acceptors (Lipinski definition) is 2. The minimum atomic E-state index is -0.399. The third-order valence-corrected chi connectivity index (χ3v) is 7.22. The second-order valence-corrected chi connectivity index (χ2v) is 8.86. The summed E-state index contributed by atoms with van der Waals surface area (Å²) < 4.78 is 28.8. The number of nitrogens with zero attached hydrogens (tertiary/aromatic N) is 2. The predicted molar refractivity (Wildman–Crippen MR) is 121 cm³/mol. The smallest absolute Gasteiger partial charge is 0.146 e. The van der Waals surface area contributed by atoms with Gasteiger partial charge in [0.1, 0.15) is 11.6 Å². The van der Waals surface area contributed by atoms with Crippen LogP contribution in [0.2, 0.25) is 0 Å². The molecule has 31 heavy (non-hydrogen) atoms. The fourth-order valence-corrected chi connectivity index (χ4v) is 5.83. The van der Waals surface area contributed by atoms with Gasteiger partial charge in [0.05, 0.1) is 5.69 Å². The monoisotopic (exact) mass is 418 g/mol. The summed E-state index contributed by atoms with van der Waals surface area (Å²) in [6.45, 7) is 2.11. The van der Waals surface area contributed by atoms with Gasteiger partial charge in [-0.25, -0.2) is 8.78 Å². The average Bonchev–Trinajstić information content (AvgIpc) is 2.82. The van der Waals surface area contributed by atoms with Crippen molar-refractivity contribution in [2.75, 3.05) is 25.0 Å². The Balaban J connectivity index is 1.62. The van der Waals surface area contributed by atoms with Crippen LogP contribution in [0.1, 0.15) is 29.9 Å². The van der Waals surface area contributed by atoms with Crippen LogP contribution in [-0.4, -0.2) is 37.1 Å². The van der Waals surface area contributed by atoms with E-state index >= 15 is 0 Å². The molecule has 3 aliphatic rings. The van der Waals surface area contributed by atoms with Gasteiger partial charge in [0.2, 0.25) is 0 Å². The van der Waals surface area contributed by atoms with E-state index in [2.05, 4.69) is 53.4 Å². The average molecular weight is 419 g/mol. The molecule has 2 atom stereocenters. The van der Waals surface area contributed by atoms with Gasteiger partial charge >= 0.3 is 0 Å². The van der Waals surface area contributed by atoms with E-state index in [0.717, 1.165) is 25.9 Å². The number of benzene rings is 3. The molecule has 6 rings (SSSR count). The number of halogens is 2. The molecule has 0 unspecified atom stereocenters. The molecule has 0 radical (unpaired) electrons. The Bertz CT molecular complexity index is 976. The van der Waals surface area contributed by atoms with Gasteiger partial charge in [0, 0.05) is 31.1 Å². The van der Waals surface area contributed by atoms with E-state index in [9.17, 15) is 8.78 Å². The van der Waals surface area contributed by atoms with Crippen molar-refractivity contribution in [2.24, 2.45) is 5.92 Å². The van der Waals surface area contributed by atoms with E-state index in [4.69, 9.17) is 0 Å². The fraction of sp³-hybridized carbons (Fsp3) is 0.333. The van der Waals surface area contributed by atoms with Crippen molar-refractivity contribution in [3.05, 3.63) is 102 Å². The highest BCUT2D eigenvalue weighted by Gasteiger charge is 2.48. The van der Waals surface area contributed by atoms with E-state index in [1.54, 1.807) is 0 Å². The lowest BCUT2D eigenvalue weighted by atomic mass is 9.70. The summed E-state index contributed by atoms with van der Waals surface area (Å²) in [5, 5.41) is 0. The summed E-state index contributed by atoms with van der Waals surface area (Å²) in [7, 11) is 1.93. The molecule has 4 heteroatoms. The van der Waals surface area contributed by atoms with Crippen LogP contribution < -0.4 is 4.90 Å². The number of fused-ring (bicyclic) bond motifs is 3. The molecule has 3 saturated heterocycles. The number of anilines is 1. The molecule has 0 spiro atoms. The van der Waals surface area contributed by atoms with Crippen LogP contribution in [0.4, 0.5) is 14.5 Å². The molecular formula is C27H28F2N2. The van der Waals surface area contributed by atoms with Gasteiger partial charge in [-0.15, -0.1) is 0 Å². The summed E-state index contributed by atoms with van der Waals surface area (Å²) in [6.07, 6.45) is 2.19. The van der Waals surface area contributed by atoms with Crippen LogP contribution in [-0.2, 0) is 0 Å². The van der Waals surface area contributed by atoms with Crippen molar-refractivity contribution in [3.8, 4) is 0 Å². The zero-order chi connectivity index (χ0) is 21.4. The molecule has 160 valence electrons. The van der Waals surface area contributed by atoms with Gasteiger partial charge in [-0.05, 0) is 55.1 Å². The first-order valence-electron chi connectivity index (χ1n) is 11.2. The van der Waals surface area contributed by atoms with E-state index in [1.165, 1.54) is 29.3 Å². The first-order valence-corrected chi connectivity index (χ1v) is 11.2. The standard InChI is InChI=1S/C27H28F2N2/c1-30(24-18-22(28)12-13-23(24)29)26-21-14-16-31(17-15-21)27(26)25(19-8-4-2-5-9-19)20-10-6-3-7-11-20/h2-13,18,21,25-27H,14-17H2,1H3/t26-,27-/m1/s1. The summed E-state index contributed by atoms with van der Waals surface area (Å²) in [5.41, 5.74) is 2.89. The molecule has 3 fully saturated rings. The molecule has 0 N–H and O–H groups in total. The molecule has 2 bridgehead atoms. The van der Waals surface area contributed by atoms with E-state index in [1.807, 2.05) is 24.1 Å². The van der Waals surface area contributed by atoms with E-state index in [-0.39, 0.29) is 23.8 Å². The maximum atomic E-state index is 14.8. The Hall–Kier alpha value is -2.72. The second kappa shape index (κ2) is 8.43. The zero-order valence-corrected chi connectivity index (χ0v) is 17.8. The van der Waals surface area contributed by atoms with E-state index < -0.39 is 5.82 Å². The summed E-state index contributed by atoms with van der Waals surface area (Å²) >= 11 is 0. The highest BCUT2D eigenvalue weighted by molar-refractivity contribution is 5.50. The Morgan fingerprint density at radius 3 is 2.00 bits per heavy atom. The molecule has 3 heterocycles. The van der Waals surface area contributed by atoms with E-state index in [0.29, 0.717) is 11.6 Å². The van der Waals surface area contributed by atoms with Crippen molar-refractivity contribution in [3.63, 3.8) is 0 Å². The Morgan fingerprint density at radius 1 is 0.839 bits per heavy atom. The largest absolute Gasteiger partial charge is 0.367 e. The summed E-state index contributed by atoms with van der Waals surface area (Å²) in [5.74, 6) is -0.147. The Kier molecular flexibility index (Phi) is 5.49. The van der Waals surface area contributed by atoms with Gasteiger partial charge in [-0.2, -0.15) is 0 Å². The molecular weight excluding hydrogens is 390 g/mol. The highest BCUT2D eigenvalue weighted by Crippen LogP contribution is 2.45. The fourth-order valence-electron chi connectivity index (χ4n) is 5.83. The lowest BCUT2D eigenvalue weighted by Gasteiger charge is -2.56. The zero-order valence-electron chi connectivity index (χ0n) is 17.8. The van der Waals surface area contributed by atoms with Crippen molar-refractivity contribution in [1.82, 2.24) is 4.90 Å². The van der Waals surface area contributed by atoms with Gasteiger partial charge in [-0.3, -0.25) is 4.90 Å². The molecule has 0 aromatic heterocycles. The summed E-state index contributed by atoms with van der Waals surface area (Å²) in [6, 6.07) is 25.3. The predicted octanol–water partition coefficient (Wildman–Crippen LogP) is 5.70. The first kappa shape index (κ1) is 20.2. The lowest BCUT2D eigenvalue weighted by Crippen LogP contribution is -2.65. The number of piperidine rings is 3. The third kappa shape index (κ3) is 3.74. The molecule has 3 aromatic carbocycles. The van der Waals surface area contributed by atoms with Gasteiger partial charge in [0.15, 0.2) is 0 Å². The maximum Gasteiger partial charge on any atom is 0.146 e. The van der Waals surface area contributed by atoms with Crippen LogP contribution in [0.5, 0.6) is 0 Å². The maximum absolute atomic E-state index is 14.8. The van der Waals surface area contributed by atoms with Crippen LogP contribution in [0.25, 0.3) is 0 Å². The van der Waals surface area contributed by atoms with Gasteiger partial charge < -0.3 is 4.90 Å². The second-order valence-electron chi connectivity index (χ2n) is 8.86. The molecule has 3 aromatic rings. The molecule has 0 saturated carbocycles. The molecule has 0 aliphatic carbocycles. The molecule has 3 aliphatic heterocycles. The minimum absolute atomic E-state index is 0.101. The summed E-state index contributed by atoms with van der Waals surface area (Å²) in [4.78, 5) is 4.58. The normalized spacial score (nSPS) is 25.0. The number of likely N-dealkylation sites (N-methyl/N-ethyl adjacent to an activating group) is 1. The molecule has 0 amide bonds. The number of hydrogen-bond donors (Lipinski definition) is 0. The SMILES string of the molecule is CN(c1cc(F)ccc1F)[C@@H]1C2CCN(CC2)[C@@H]1C(c1ccccc1)c1ccccc1. The third-order valence-electron chi connectivity index (χ3n) is 7.22. The quantitative estimate of drug-likeness (QED) is 0.525. The van der Waals surface area contributed by atoms with Crippen LogP contribution in [0.3, 0.4) is 0 Å². The van der Waals surface area contributed by atoms with Crippen molar-refractivity contribution >= 4 is 5.69 Å². The molecule has 2 nitrogen and oxygen atoms in total. The van der Waals surface area contributed by atoms with Crippen LogP contribution in [0, 0.1) is 17.6 Å². The van der Waals surface area contributed by atoms with Crippen molar-refractivity contribution < 1.29 is 8.78 Å². The van der Waals surface area contributed by atoms with Gasteiger partial charge in [0.25, 0.3) is 0 Å². The topological polar surface area (TPSA) is 6.48 Å². The van der Waals surface area contributed by atoms with Crippen LogP contribution >= 0.6 is 0 Å². The Morgan fingerprint density at radius 2 is 1.42 bits per heavy atom. The lowest BCUT2D eigenvalue weighted by molar-refractivity contribution is 0.0184. The van der Waals surface area contributed by atoms with Crippen molar-refractivity contribution in [2.45, 2.75) is 30.8 Å². The minimum Gasteiger partial charge on any atom is -0.367 e. The Labute approximate surface area is 183 Å². The first-order chi connectivity index (χ1) is 15.1.